The van der Waals surface area contributed by atoms with Gasteiger partial charge in [-0.25, -0.2) is 0 Å². The van der Waals surface area contributed by atoms with Crippen molar-refractivity contribution in [2.24, 2.45) is 5.92 Å². The Bertz CT molecular complexity index is 1020. The third-order valence-corrected chi connectivity index (χ3v) is 5.25. The summed E-state index contributed by atoms with van der Waals surface area (Å²) in [5.74, 6) is -0.863. The molecule has 3 aromatic rings. The lowest BCUT2D eigenvalue weighted by Crippen LogP contribution is -2.35. The van der Waals surface area contributed by atoms with E-state index >= 15 is 0 Å². The van der Waals surface area contributed by atoms with E-state index in [-0.39, 0.29) is 18.4 Å². The lowest BCUT2D eigenvalue weighted by molar-refractivity contribution is -0.139. The Kier molecular flexibility index (Phi) is 5.02. The van der Waals surface area contributed by atoms with Crippen LogP contribution in [0.4, 0.5) is 5.69 Å². The van der Waals surface area contributed by atoms with E-state index in [1.54, 1.807) is 36.5 Å². The maximum Gasteiger partial charge on any atom is 0.256 e. The van der Waals surface area contributed by atoms with Gasteiger partial charge in [0.15, 0.2) is 6.10 Å². The van der Waals surface area contributed by atoms with Gasteiger partial charge in [-0.3, -0.25) is 14.7 Å². The molecule has 0 radical (unpaired) electrons. The molecular formula is C20H19ClN4O3. The first kappa shape index (κ1) is 18.5. The molecule has 2 atom stereocenters. The molecule has 2 aromatic carbocycles. The van der Waals surface area contributed by atoms with Gasteiger partial charge >= 0.3 is 0 Å². The Morgan fingerprint density at radius 3 is 2.82 bits per heavy atom. The molecule has 8 heteroatoms. The van der Waals surface area contributed by atoms with Crippen LogP contribution < -0.4 is 5.32 Å². The number of aliphatic hydroxyl groups is 1. The number of aromatic nitrogens is 2. The number of nitrogens with zero attached hydrogens (tertiary/aromatic N) is 2. The Balaban J connectivity index is 1.38. The first-order valence-corrected chi connectivity index (χ1v) is 9.35. The number of hydrogen-bond acceptors (Lipinski definition) is 4. The number of nitrogens with one attached hydrogen (secondary N) is 2. The van der Waals surface area contributed by atoms with E-state index in [0.717, 1.165) is 10.9 Å². The zero-order chi connectivity index (χ0) is 19.7. The third kappa shape index (κ3) is 3.72. The van der Waals surface area contributed by atoms with Crippen molar-refractivity contribution >= 4 is 40.0 Å². The van der Waals surface area contributed by atoms with E-state index < -0.39 is 12.0 Å². The van der Waals surface area contributed by atoms with Crippen molar-refractivity contribution in [2.75, 3.05) is 18.4 Å². The molecule has 2 heterocycles. The van der Waals surface area contributed by atoms with Crippen LogP contribution in [0.1, 0.15) is 18.1 Å². The largest absolute Gasteiger partial charge is 0.378 e. The molecule has 4 rings (SSSR count). The standard InChI is InChI=1S/C20H19ClN4O3/c21-15-3-1-12(2-4-15)18(26)20(28)25-8-7-13(11-25)19(27)23-16-5-6-17-14(9-16)10-22-24-17/h1-6,9-10,13,18,26H,7-8,11H2,(H,22,24)(H,23,27). The van der Waals surface area contributed by atoms with Crippen molar-refractivity contribution in [3.8, 4) is 0 Å². The van der Waals surface area contributed by atoms with Crippen molar-refractivity contribution in [1.29, 1.82) is 0 Å². The summed E-state index contributed by atoms with van der Waals surface area (Å²) in [5, 5.41) is 21.5. The summed E-state index contributed by atoms with van der Waals surface area (Å²) in [6.45, 7) is 0.714. The maximum absolute atomic E-state index is 12.6. The number of hydrogen-bond donors (Lipinski definition) is 3. The summed E-state index contributed by atoms with van der Waals surface area (Å²) < 4.78 is 0. The van der Waals surface area contributed by atoms with Crippen molar-refractivity contribution in [2.45, 2.75) is 12.5 Å². The van der Waals surface area contributed by atoms with Gasteiger partial charge in [0.2, 0.25) is 5.91 Å². The van der Waals surface area contributed by atoms with Gasteiger partial charge in [0.05, 0.1) is 17.6 Å². The van der Waals surface area contributed by atoms with Crippen LogP contribution in [-0.2, 0) is 9.59 Å². The second-order valence-corrected chi connectivity index (χ2v) is 7.32. The first-order chi connectivity index (χ1) is 13.5. The van der Waals surface area contributed by atoms with Gasteiger partial charge < -0.3 is 15.3 Å². The molecular weight excluding hydrogens is 380 g/mol. The highest BCUT2D eigenvalue weighted by atomic mass is 35.5. The summed E-state index contributed by atoms with van der Waals surface area (Å²) in [6.07, 6.45) is 0.986. The van der Waals surface area contributed by atoms with Gasteiger partial charge in [-0.15, -0.1) is 0 Å². The van der Waals surface area contributed by atoms with Gasteiger partial charge in [-0.1, -0.05) is 23.7 Å². The van der Waals surface area contributed by atoms with Gasteiger partial charge in [-0.05, 0) is 42.3 Å². The lowest BCUT2D eigenvalue weighted by atomic mass is 10.1. The number of aromatic amines is 1. The molecule has 1 fully saturated rings. The summed E-state index contributed by atoms with van der Waals surface area (Å²) in [5.41, 5.74) is 2.06. The van der Waals surface area contributed by atoms with E-state index in [9.17, 15) is 14.7 Å². The second kappa shape index (κ2) is 7.61. The molecule has 1 aromatic heterocycles. The number of amides is 2. The molecule has 1 saturated heterocycles. The smallest absolute Gasteiger partial charge is 0.256 e. The number of carbonyl (C=O) groups is 2. The van der Waals surface area contributed by atoms with Crippen LogP contribution in [-0.4, -0.2) is 45.1 Å². The zero-order valence-electron chi connectivity index (χ0n) is 14.9. The minimum atomic E-state index is -1.26. The zero-order valence-corrected chi connectivity index (χ0v) is 15.7. The van der Waals surface area contributed by atoms with E-state index in [1.165, 1.54) is 4.90 Å². The molecule has 2 amide bonds. The number of rotatable bonds is 4. The fraction of sp³-hybridized carbons (Fsp3) is 0.250. The summed E-state index contributed by atoms with van der Waals surface area (Å²) in [4.78, 5) is 26.7. The van der Waals surface area contributed by atoms with Crippen molar-refractivity contribution < 1.29 is 14.7 Å². The predicted molar refractivity (Wildman–Crippen MR) is 106 cm³/mol. The summed E-state index contributed by atoms with van der Waals surface area (Å²) in [7, 11) is 0. The topological polar surface area (TPSA) is 98.3 Å². The second-order valence-electron chi connectivity index (χ2n) is 6.89. The van der Waals surface area contributed by atoms with E-state index in [4.69, 9.17) is 11.6 Å². The monoisotopic (exact) mass is 398 g/mol. The Morgan fingerprint density at radius 2 is 2.04 bits per heavy atom. The molecule has 1 aliphatic rings. The highest BCUT2D eigenvalue weighted by molar-refractivity contribution is 6.30. The normalized spacial score (nSPS) is 17.6. The molecule has 7 nitrogen and oxygen atoms in total. The van der Waals surface area contributed by atoms with Crippen LogP contribution in [0.25, 0.3) is 10.9 Å². The summed E-state index contributed by atoms with van der Waals surface area (Å²) in [6, 6.07) is 12.0. The van der Waals surface area contributed by atoms with Gasteiger partial charge in [0.1, 0.15) is 0 Å². The highest BCUT2D eigenvalue weighted by Crippen LogP contribution is 2.25. The minimum absolute atomic E-state index is 0.140. The minimum Gasteiger partial charge on any atom is -0.378 e. The number of H-pyrrole nitrogens is 1. The molecule has 144 valence electrons. The first-order valence-electron chi connectivity index (χ1n) is 8.97. The quantitative estimate of drug-likeness (QED) is 0.629. The van der Waals surface area contributed by atoms with Crippen molar-refractivity contribution in [1.82, 2.24) is 15.1 Å². The number of benzene rings is 2. The van der Waals surface area contributed by atoms with Crippen LogP contribution in [0.2, 0.25) is 5.02 Å². The van der Waals surface area contributed by atoms with Crippen LogP contribution in [0.15, 0.2) is 48.7 Å². The van der Waals surface area contributed by atoms with Crippen LogP contribution in [0.5, 0.6) is 0 Å². The van der Waals surface area contributed by atoms with Crippen molar-refractivity contribution in [3.05, 3.63) is 59.2 Å². The number of fused-ring (bicyclic) bond motifs is 1. The molecule has 0 aliphatic carbocycles. The number of likely N-dealkylation sites (tertiary alicyclic amines) is 1. The molecule has 0 bridgehead atoms. The molecule has 0 spiro atoms. The van der Waals surface area contributed by atoms with Gasteiger partial charge in [-0.2, -0.15) is 5.10 Å². The fourth-order valence-corrected chi connectivity index (χ4v) is 3.53. The maximum atomic E-state index is 12.6. The van der Waals surface area contributed by atoms with E-state index in [0.29, 0.717) is 29.2 Å². The van der Waals surface area contributed by atoms with Gasteiger partial charge in [0.25, 0.3) is 5.91 Å². The molecule has 28 heavy (non-hydrogen) atoms. The average Bonchev–Trinajstić information content (AvgIpc) is 3.36. The molecule has 0 saturated carbocycles. The lowest BCUT2D eigenvalue weighted by Gasteiger charge is -2.20. The highest BCUT2D eigenvalue weighted by Gasteiger charge is 2.34. The van der Waals surface area contributed by atoms with Crippen LogP contribution >= 0.6 is 11.6 Å². The SMILES string of the molecule is O=C(Nc1ccc2[nH]ncc2c1)C1CCN(C(=O)C(O)c2ccc(Cl)cc2)C1. The molecule has 3 N–H and O–H groups in total. The Labute approximate surface area is 166 Å². The number of carbonyl (C=O) groups excluding carboxylic acids is 2. The third-order valence-electron chi connectivity index (χ3n) is 5.00. The van der Waals surface area contributed by atoms with Crippen molar-refractivity contribution in [3.63, 3.8) is 0 Å². The molecule has 2 unspecified atom stereocenters. The summed E-state index contributed by atoms with van der Waals surface area (Å²) >= 11 is 5.84. The molecule has 1 aliphatic heterocycles. The Hall–Kier alpha value is -2.90. The van der Waals surface area contributed by atoms with Gasteiger partial charge in [0, 0.05) is 29.2 Å². The predicted octanol–water partition coefficient (Wildman–Crippen LogP) is 2.74. The van der Waals surface area contributed by atoms with E-state index in [1.807, 2.05) is 12.1 Å². The fourth-order valence-electron chi connectivity index (χ4n) is 3.40. The Morgan fingerprint density at radius 1 is 1.25 bits per heavy atom. The number of anilines is 1. The van der Waals surface area contributed by atoms with Crippen LogP contribution in [0, 0.1) is 5.92 Å². The van der Waals surface area contributed by atoms with Crippen LogP contribution in [0.3, 0.4) is 0 Å². The number of aliphatic hydroxyl groups excluding tert-OH is 1. The average molecular weight is 399 g/mol. The number of halogens is 1. The van der Waals surface area contributed by atoms with E-state index in [2.05, 4.69) is 15.5 Å².